The molecule has 2 aliphatic carbocycles. The smallest absolute Gasteiger partial charge is 0.306 e. The number of halogens is 1. The summed E-state index contributed by atoms with van der Waals surface area (Å²) in [4.78, 5) is 17.3. The van der Waals surface area contributed by atoms with Crippen LogP contribution in [0.5, 0.6) is 0 Å². The molecule has 0 radical (unpaired) electrons. The highest BCUT2D eigenvalue weighted by atomic mass is 19.1. The van der Waals surface area contributed by atoms with E-state index in [-0.39, 0.29) is 23.3 Å². The summed E-state index contributed by atoms with van der Waals surface area (Å²) < 4.78 is 15.5. The van der Waals surface area contributed by atoms with Crippen LogP contribution in [-0.2, 0) is 19.3 Å². The molecule has 0 fully saturated rings. The van der Waals surface area contributed by atoms with Crippen LogP contribution in [-0.4, -0.2) is 9.97 Å². The van der Waals surface area contributed by atoms with Crippen molar-refractivity contribution in [1.29, 1.82) is 5.26 Å². The molecule has 2 aliphatic rings. The lowest BCUT2D eigenvalue weighted by atomic mass is 9.84. The highest BCUT2D eigenvalue weighted by Gasteiger charge is 2.22. The molecule has 180 valence electrons. The number of fused-ring (bicyclic) bond motifs is 2. The first-order valence-corrected chi connectivity index (χ1v) is 12.4. The lowest BCUT2D eigenvalue weighted by Crippen LogP contribution is -2.09. The van der Waals surface area contributed by atoms with Gasteiger partial charge >= 0.3 is 5.69 Å². The van der Waals surface area contributed by atoms with Gasteiger partial charge in [-0.3, -0.25) is 0 Å². The Hall–Kier alpha value is -4.65. The largest absolute Gasteiger partial charge is 0.323 e. The molecule has 0 amide bonds. The van der Waals surface area contributed by atoms with Gasteiger partial charge in [-0.25, -0.2) is 9.18 Å². The number of nitrogens with one attached hydrogen (secondary N) is 2. The molecule has 1 heterocycles. The van der Waals surface area contributed by atoms with Crippen LogP contribution in [0.25, 0.3) is 16.6 Å². The molecule has 1 aromatic heterocycles. The quantitative estimate of drug-likeness (QED) is 0.334. The topological polar surface area (TPSA) is 72.4 Å². The average Bonchev–Trinajstić information content (AvgIpc) is 3.50. The predicted octanol–water partition coefficient (Wildman–Crippen LogP) is 6.27. The van der Waals surface area contributed by atoms with Gasteiger partial charge in [-0.1, -0.05) is 42.5 Å². The maximum Gasteiger partial charge on any atom is 0.323 e. The maximum absolute atomic E-state index is 15.5. The standard InChI is InChI=1S/C32H24FN3O/c33-29-17-26(27-7-3-5-24(27)14-20-8-10-21(19-34)11-9-20)16-25-15-22(4-1-2-6-28(25)29)23-12-13-30-31(18-23)36-32(37)35-30/h2-5,7-13,16-18,22,24H,6,14-15H2,(H2,35,36,37). The molecule has 0 bridgehead atoms. The van der Waals surface area contributed by atoms with E-state index in [1.807, 2.05) is 60.7 Å². The van der Waals surface area contributed by atoms with Crippen molar-refractivity contribution in [3.05, 3.63) is 140 Å². The minimum atomic E-state index is -0.230. The Bertz CT molecular complexity index is 1740. The Balaban J connectivity index is 1.32. The molecule has 3 aromatic carbocycles. The van der Waals surface area contributed by atoms with Gasteiger partial charge in [0.1, 0.15) is 5.82 Å². The Morgan fingerprint density at radius 3 is 2.73 bits per heavy atom. The van der Waals surface area contributed by atoms with Gasteiger partial charge in [-0.15, -0.1) is 5.73 Å². The van der Waals surface area contributed by atoms with Crippen molar-refractivity contribution < 1.29 is 4.39 Å². The second-order valence-electron chi connectivity index (χ2n) is 9.66. The Labute approximate surface area is 213 Å². The van der Waals surface area contributed by atoms with Crippen LogP contribution < -0.4 is 5.69 Å². The van der Waals surface area contributed by atoms with Crippen LogP contribution in [0, 0.1) is 23.1 Å². The normalized spacial score (nSPS) is 18.3. The first-order chi connectivity index (χ1) is 18.1. The van der Waals surface area contributed by atoms with Gasteiger partial charge in [-0.05, 0) is 88.7 Å². The number of benzene rings is 3. The number of aromatic amines is 2. The first kappa shape index (κ1) is 22.8. The van der Waals surface area contributed by atoms with E-state index in [9.17, 15) is 4.79 Å². The SMILES string of the molecule is N#Cc1ccc(CC2C=CC=C2c2cc(F)c3c(c2)CC(c2ccc4[nH]c(=O)[nH]c4c2)C=C=CC3)cc1. The molecule has 0 saturated heterocycles. The van der Waals surface area contributed by atoms with Crippen LogP contribution in [0.2, 0.25) is 0 Å². The minimum Gasteiger partial charge on any atom is -0.306 e. The van der Waals surface area contributed by atoms with Gasteiger partial charge in [0.15, 0.2) is 0 Å². The zero-order chi connectivity index (χ0) is 25.4. The summed E-state index contributed by atoms with van der Waals surface area (Å²) in [5.74, 6) is -0.0539. The number of nitriles is 1. The first-order valence-electron chi connectivity index (χ1n) is 12.4. The Kier molecular flexibility index (Phi) is 5.81. The third kappa shape index (κ3) is 4.51. The van der Waals surface area contributed by atoms with E-state index in [4.69, 9.17) is 5.26 Å². The third-order valence-electron chi connectivity index (χ3n) is 7.31. The molecule has 37 heavy (non-hydrogen) atoms. The molecule has 0 saturated carbocycles. The Morgan fingerprint density at radius 2 is 1.89 bits per heavy atom. The second kappa shape index (κ2) is 9.43. The maximum atomic E-state index is 15.5. The number of rotatable bonds is 4. The van der Waals surface area contributed by atoms with Gasteiger partial charge in [0.2, 0.25) is 0 Å². The highest BCUT2D eigenvalue weighted by Crippen LogP contribution is 2.36. The van der Waals surface area contributed by atoms with E-state index in [1.54, 1.807) is 6.07 Å². The van der Waals surface area contributed by atoms with Crippen LogP contribution in [0.15, 0.2) is 95.5 Å². The van der Waals surface area contributed by atoms with Crippen molar-refractivity contribution >= 4 is 16.6 Å². The van der Waals surface area contributed by atoms with Gasteiger partial charge in [-0.2, -0.15) is 5.26 Å². The van der Waals surface area contributed by atoms with Crippen molar-refractivity contribution in [1.82, 2.24) is 9.97 Å². The fourth-order valence-electron chi connectivity index (χ4n) is 5.39. The fourth-order valence-corrected chi connectivity index (χ4v) is 5.39. The molecule has 4 aromatic rings. The molecule has 0 spiro atoms. The predicted molar refractivity (Wildman–Crippen MR) is 144 cm³/mol. The number of hydrogen-bond donors (Lipinski definition) is 2. The van der Waals surface area contributed by atoms with Crippen molar-refractivity contribution in [2.75, 3.05) is 0 Å². The molecule has 2 N–H and O–H groups in total. The van der Waals surface area contributed by atoms with Crippen molar-refractivity contribution in [2.45, 2.75) is 25.2 Å². The van der Waals surface area contributed by atoms with E-state index in [2.05, 4.69) is 40.0 Å². The lowest BCUT2D eigenvalue weighted by molar-refractivity contribution is 0.608. The van der Waals surface area contributed by atoms with E-state index in [0.717, 1.165) is 45.3 Å². The monoisotopic (exact) mass is 485 g/mol. The second-order valence-corrected chi connectivity index (χ2v) is 9.66. The van der Waals surface area contributed by atoms with Crippen LogP contribution >= 0.6 is 0 Å². The van der Waals surface area contributed by atoms with Gasteiger partial charge in [0.05, 0.1) is 22.7 Å². The summed E-state index contributed by atoms with van der Waals surface area (Å²) >= 11 is 0. The molecule has 6 rings (SSSR count). The van der Waals surface area contributed by atoms with Crippen molar-refractivity contribution in [3.8, 4) is 6.07 Å². The number of nitrogens with zero attached hydrogens (tertiary/aromatic N) is 1. The van der Waals surface area contributed by atoms with Crippen LogP contribution in [0.3, 0.4) is 0 Å². The molecule has 4 nitrogen and oxygen atoms in total. The fraction of sp³-hybridized carbons (Fsp3) is 0.156. The summed E-state index contributed by atoms with van der Waals surface area (Å²) in [6.07, 6.45) is 12.1. The molecule has 2 atom stereocenters. The Morgan fingerprint density at radius 1 is 1.05 bits per heavy atom. The summed E-state index contributed by atoms with van der Waals surface area (Å²) in [5, 5.41) is 9.07. The number of aromatic nitrogens is 2. The zero-order valence-electron chi connectivity index (χ0n) is 20.1. The summed E-state index contributed by atoms with van der Waals surface area (Å²) in [7, 11) is 0. The molecule has 0 aliphatic heterocycles. The number of hydrogen-bond acceptors (Lipinski definition) is 2. The van der Waals surface area contributed by atoms with E-state index in [0.29, 0.717) is 24.0 Å². The lowest BCUT2D eigenvalue weighted by Gasteiger charge is -2.21. The number of H-pyrrole nitrogens is 2. The van der Waals surface area contributed by atoms with Gasteiger partial charge in [0, 0.05) is 18.3 Å². The average molecular weight is 486 g/mol. The van der Waals surface area contributed by atoms with Crippen molar-refractivity contribution in [3.63, 3.8) is 0 Å². The molecular weight excluding hydrogens is 461 g/mol. The van der Waals surface area contributed by atoms with E-state index >= 15 is 4.39 Å². The van der Waals surface area contributed by atoms with Gasteiger partial charge in [0.25, 0.3) is 0 Å². The summed E-state index contributed by atoms with van der Waals surface area (Å²) in [6.45, 7) is 0. The number of imidazole rings is 1. The summed E-state index contributed by atoms with van der Waals surface area (Å²) in [5.41, 5.74) is 11.1. The molecule has 5 heteroatoms. The van der Waals surface area contributed by atoms with Crippen LogP contribution in [0.1, 0.15) is 39.3 Å². The third-order valence-corrected chi connectivity index (χ3v) is 7.31. The molecular formula is C32H24FN3O. The minimum absolute atomic E-state index is 0.00196. The summed E-state index contributed by atoms with van der Waals surface area (Å²) in [6, 6.07) is 19.5. The van der Waals surface area contributed by atoms with Crippen molar-refractivity contribution in [2.24, 2.45) is 5.92 Å². The van der Waals surface area contributed by atoms with Crippen LogP contribution in [0.4, 0.5) is 4.39 Å². The highest BCUT2D eigenvalue weighted by molar-refractivity contribution is 5.76. The van der Waals surface area contributed by atoms with E-state index in [1.165, 1.54) is 0 Å². The van der Waals surface area contributed by atoms with E-state index < -0.39 is 0 Å². The van der Waals surface area contributed by atoms with Gasteiger partial charge < -0.3 is 9.97 Å². The molecule has 2 unspecified atom stereocenters. The number of allylic oxidation sites excluding steroid dienone is 5. The zero-order valence-corrected chi connectivity index (χ0v) is 20.1.